The summed E-state index contributed by atoms with van der Waals surface area (Å²) in [5.41, 5.74) is 1.46. The van der Waals surface area contributed by atoms with Crippen LogP contribution in [-0.2, 0) is 0 Å². The Hall–Kier alpha value is -5.75. The van der Waals surface area contributed by atoms with E-state index in [1.54, 1.807) is 24.3 Å². The molecule has 1 aliphatic heterocycles. The van der Waals surface area contributed by atoms with E-state index in [0.717, 1.165) is 67.7 Å². The zero-order valence-electron chi connectivity index (χ0n) is 29.7. The van der Waals surface area contributed by atoms with Gasteiger partial charge < -0.3 is 23.5 Å². The molecule has 1 N–H and O–H groups in total. The Morgan fingerprint density at radius 3 is 1.91 bits per heavy atom. The Labute approximate surface area is 330 Å². The van der Waals surface area contributed by atoms with Gasteiger partial charge in [-0.1, -0.05) is 78.9 Å². The van der Waals surface area contributed by atoms with E-state index in [-0.39, 0.29) is 29.3 Å². The number of hydrogen-bond donors (Lipinski definition) is 1. The average molecular weight is 822 g/mol. The summed E-state index contributed by atoms with van der Waals surface area (Å²) in [6, 6.07) is 39.7. The molecular weight excluding hydrogens is 784 g/mol. The predicted octanol–water partition coefficient (Wildman–Crippen LogP) is 8.74. The van der Waals surface area contributed by atoms with Crippen molar-refractivity contribution in [1.29, 1.82) is 0 Å². The summed E-state index contributed by atoms with van der Waals surface area (Å²) in [6.45, 7) is 5.73. The summed E-state index contributed by atoms with van der Waals surface area (Å²) in [4.78, 5) is 43.4. The Bertz CT molecular complexity index is 2700. The largest absolute Gasteiger partial charge is 0.423 e. The van der Waals surface area contributed by atoms with Crippen molar-refractivity contribution in [2.24, 2.45) is 0 Å². The van der Waals surface area contributed by atoms with E-state index in [2.05, 4.69) is 66.4 Å². The molecule has 10 nitrogen and oxygen atoms in total. The first-order valence-corrected chi connectivity index (χ1v) is 18.5. The van der Waals surface area contributed by atoms with Gasteiger partial charge in [0, 0.05) is 66.5 Å². The van der Waals surface area contributed by atoms with Crippen molar-refractivity contribution in [1.82, 2.24) is 9.88 Å². The van der Waals surface area contributed by atoms with Crippen LogP contribution >= 0.6 is 28.3 Å². The molecule has 0 atom stereocenters. The molecule has 0 radical (unpaired) electrons. The van der Waals surface area contributed by atoms with E-state index < -0.39 is 0 Å². The van der Waals surface area contributed by atoms with Crippen LogP contribution in [0.2, 0.25) is 0 Å². The lowest BCUT2D eigenvalue weighted by Crippen LogP contribution is -2.47. The molecule has 0 bridgehead atoms. The van der Waals surface area contributed by atoms with Crippen LogP contribution in [0.5, 0.6) is 0 Å². The number of hydrogen-bond acceptors (Lipinski definition) is 10. The van der Waals surface area contributed by atoms with Crippen molar-refractivity contribution < 1.29 is 13.3 Å². The second kappa shape index (κ2) is 18.5. The van der Waals surface area contributed by atoms with Crippen LogP contribution in [0.3, 0.4) is 0 Å². The third-order valence-electron chi connectivity index (χ3n) is 9.06. The lowest BCUT2D eigenvalue weighted by Gasteiger charge is -2.35. The molecule has 55 heavy (non-hydrogen) atoms. The van der Waals surface area contributed by atoms with E-state index in [9.17, 15) is 14.4 Å². The number of halogens is 2. The third-order valence-corrected chi connectivity index (χ3v) is 9.61. The van der Waals surface area contributed by atoms with E-state index in [1.165, 1.54) is 16.8 Å². The van der Waals surface area contributed by atoms with Gasteiger partial charge in [-0.25, -0.2) is 19.4 Å². The molecule has 0 spiro atoms. The van der Waals surface area contributed by atoms with Gasteiger partial charge in [0.05, 0.1) is 0 Å². The summed E-state index contributed by atoms with van der Waals surface area (Å²) in [7, 11) is 0. The van der Waals surface area contributed by atoms with Gasteiger partial charge in [-0.15, -0.1) is 12.4 Å². The second-order valence-corrected chi connectivity index (χ2v) is 13.5. The van der Waals surface area contributed by atoms with Crippen molar-refractivity contribution in [3.63, 3.8) is 0 Å². The van der Waals surface area contributed by atoms with Gasteiger partial charge in [-0.05, 0) is 76.7 Å². The molecule has 12 heteroatoms. The maximum absolute atomic E-state index is 12.1. The Balaban J connectivity index is 0.000000174. The fourth-order valence-electron chi connectivity index (χ4n) is 6.30. The fraction of sp³-hybridized carbons (Fsp3) is 0.163. The number of anilines is 2. The van der Waals surface area contributed by atoms with Crippen LogP contribution < -0.4 is 27.1 Å². The van der Waals surface area contributed by atoms with Crippen molar-refractivity contribution in [2.75, 3.05) is 49.5 Å². The minimum Gasteiger partial charge on any atom is -0.423 e. The summed E-state index contributed by atoms with van der Waals surface area (Å²) >= 11 is 3.11. The van der Waals surface area contributed by atoms with E-state index >= 15 is 0 Å². The topological polar surface area (TPSA) is 122 Å². The normalized spacial score (nSPS) is 12.7. The number of nitrogens with one attached hydrogen (secondary N) is 1. The van der Waals surface area contributed by atoms with Gasteiger partial charge in [-0.2, -0.15) is 0 Å². The van der Waals surface area contributed by atoms with E-state index in [0.29, 0.717) is 26.9 Å². The van der Waals surface area contributed by atoms with Crippen molar-refractivity contribution in [2.45, 2.75) is 6.42 Å². The molecule has 280 valence electrons. The van der Waals surface area contributed by atoms with Gasteiger partial charge in [0.15, 0.2) is 0 Å². The van der Waals surface area contributed by atoms with E-state index in [4.69, 9.17) is 13.3 Å². The lowest BCUT2D eigenvalue weighted by atomic mass is 10.1. The molecule has 5 heterocycles. The summed E-state index contributed by atoms with van der Waals surface area (Å²) in [5.74, 6) is 1.09. The molecule has 1 saturated heterocycles. The number of pyridine rings is 1. The maximum atomic E-state index is 12.1. The number of aromatic nitrogens is 1. The summed E-state index contributed by atoms with van der Waals surface area (Å²) in [5, 5.41) is 8.51. The molecule has 8 aromatic rings. The highest BCUT2D eigenvalue weighted by Crippen LogP contribution is 2.25. The molecule has 0 aliphatic carbocycles. The second-order valence-electron chi connectivity index (χ2n) is 12.7. The van der Waals surface area contributed by atoms with Crippen LogP contribution in [0, 0.1) is 0 Å². The predicted molar refractivity (Wildman–Crippen MR) is 226 cm³/mol. The van der Waals surface area contributed by atoms with Crippen molar-refractivity contribution >= 4 is 83.5 Å². The highest BCUT2D eigenvalue weighted by Gasteiger charge is 2.19. The summed E-state index contributed by atoms with van der Waals surface area (Å²) < 4.78 is 15.7. The number of nitrogens with zero attached hydrogens (tertiary/aromatic N) is 3. The molecule has 4 aromatic carbocycles. The Morgan fingerprint density at radius 1 is 0.618 bits per heavy atom. The fourth-order valence-corrected chi connectivity index (χ4v) is 6.63. The van der Waals surface area contributed by atoms with Gasteiger partial charge in [0.25, 0.3) is 0 Å². The molecule has 1 fully saturated rings. The van der Waals surface area contributed by atoms with Crippen LogP contribution in [-0.4, -0.2) is 49.2 Å². The minimum absolute atomic E-state index is 0. The number of benzene rings is 4. The van der Waals surface area contributed by atoms with Crippen molar-refractivity contribution in [3.05, 3.63) is 169 Å². The zero-order chi connectivity index (χ0) is 37.3. The van der Waals surface area contributed by atoms with Gasteiger partial charge in [0.1, 0.15) is 32.7 Å². The number of fused-ring (bicyclic) bond motifs is 4. The quantitative estimate of drug-likeness (QED) is 0.129. The van der Waals surface area contributed by atoms with Crippen LogP contribution in [0.4, 0.5) is 11.5 Å². The molecule has 0 saturated carbocycles. The van der Waals surface area contributed by atoms with Crippen LogP contribution in [0.15, 0.2) is 166 Å². The number of piperazine rings is 1. The monoisotopic (exact) mass is 820 g/mol. The van der Waals surface area contributed by atoms with Crippen molar-refractivity contribution in [3.8, 4) is 0 Å². The molecule has 4 aromatic heterocycles. The zero-order valence-corrected chi connectivity index (χ0v) is 32.1. The van der Waals surface area contributed by atoms with Gasteiger partial charge in [-0.3, -0.25) is 4.90 Å². The maximum Gasteiger partial charge on any atom is 0.359 e. The highest BCUT2D eigenvalue weighted by molar-refractivity contribution is 9.10. The average Bonchev–Trinajstić information content (AvgIpc) is 3.20. The van der Waals surface area contributed by atoms with Crippen LogP contribution in [0.1, 0.15) is 6.42 Å². The standard InChI is InChI=1S/C25H26N4O2.C9H5BrO2.C9H6O2.ClH/c30-25-22(18-20-7-2-4-9-23(20)31-25)26-11-5-13-28-14-16-29(17-15-28)24-21-8-3-1-6-19(21)10-12-27-24;10-7-5-6-3-1-2-4-8(6)12-9(7)11;10-9-6-5-7-3-1-2-4-8(7)11-9;/h1-4,6-10,12,18,26H,5,11,13-17H2;1-5H;1-6H;1H. The first-order valence-electron chi connectivity index (χ1n) is 17.7. The molecular formula is C43H38BrClN4O6. The van der Waals surface area contributed by atoms with Crippen LogP contribution in [0.25, 0.3) is 43.7 Å². The summed E-state index contributed by atoms with van der Waals surface area (Å²) in [6.07, 6.45) is 2.87. The Kier molecular flexibility index (Phi) is 13.1. The van der Waals surface area contributed by atoms with E-state index in [1.807, 2.05) is 72.9 Å². The number of rotatable bonds is 6. The lowest BCUT2D eigenvalue weighted by molar-refractivity contribution is 0.257. The molecule has 0 unspecified atom stereocenters. The molecule has 9 rings (SSSR count). The first kappa shape index (κ1) is 39.0. The molecule has 0 amide bonds. The highest BCUT2D eigenvalue weighted by atomic mass is 79.9. The minimum atomic E-state index is -0.339. The third kappa shape index (κ3) is 9.87. The molecule has 1 aliphatic rings. The smallest absolute Gasteiger partial charge is 0.359 e. The van der Waals surface area contributed by atoms with Gasteiger partial charge in [0.2, 0.25) is 0 Å². The Morgan fingerprint density at radius 2 is 1.20 bits per heavy atom. The number of para-hydroxylation sites is 3. The van der Waals surface area contributed by atoms with Gasteiger partial charge >= 0.3 is 16.9 Å². The SMILES string of the molecule is Cl.O=c1ccc2ccccc2o1.O=c1oc2ccccc2cc1Br.O=c1oc2ccccc2cc1NCCCN1CCN(c2nccc3ccccc23)CC1. The first-order chi connectivity index (χ1) is 26.4.